The smallest absolute Gasteiger partial charge is 0.293 e. The first-order valence-corrected chi connectivity index (χ1v) is 10.5. The van der Waals surface area contributed by atoms with Crippen LogP contribution in [-0.2, 0) is 14.8 Å². The molecule has 28 heavy (non-hydrogen) atoms. The summed E-state index contributed by atoms with van der Waals surface area (Å²) in [6.07, 6.45) is 0. The molecular formula is C19H23N3O5S. The zero-order valence-corrected chi connectivity index (χ0v) is 16.4. The highest BCUT2D eigenvalue weighted by molar-refractivity contribution is 7.89. The Morgan fingerprint density at radius 3 is 2.50 bits per heavy atom. The molecule has 1 atom stereocenters. The molecule has 0 bridgehead atoms. The zero-order chi connectivity index (χ0) is 20.1. The molecule has 1 aliphatic rings. The lowest BCUT2D eigenvalue weighted by atomic mass is 10.0. The van der Waals surface area contributed by atoms with Gasteiger partial charge in [0.1, 0.15) is 5.69 Å². The largest absolute Gasteiger partial charge is 0.379 e. The fraction of sp³-hybridized carbons (Fsp3) is 0.368. The standard InChI is InChI=1S/C19H23N3O5S/c1-15(16-5-3-2-4-6-16)14-20-18-8-7-17(13-19(18)22(23)24)28(25,26)21-9-11-27-12-10-21/h2-8,13,15,20H,9-12,14H2,1H3/t15-/m1/s1. The Bertz CT molecular complexity index is 928. The molecule has 2 aromatic rings. The summed E-state index contributed by atoms with van der Waals surface area (Å²) in [6, 6.07) is 13.8. The molecule has 1 aliphatic heterocycles. The number of nitrogens with zero attached hydrogens (tertiary/aromatic N) is 2. The van der Waals surface area contributed by atoms with E-state index in [4.69, 9.17) is 4.74 Å². The Kier molecular flexibility index (Phi) is 6.28. The van der Waals surface area contributed by atoms with E-state index in [0.29, 0.717) is 25.4 Å². The molecule has 0 spiro atoms. The first kappa shape index (κ1) is 20.2. The molecule has 0 aromatic heterocycles. The van der Waals surface area contributed by atoms with Gasteiger partial charge in [0.15, 0.2) is 0 Å². The van der Waals surface area contributed by atoms with E-state index in [2.05, 4.69) is 5.32 Å². The van der Waals surface area contributed by atoms with Gasteiger partial charge in [-0.05, 0) is 23.6 Å². The number of benzene rings is 2. The number of nitro groups is 1. The van der Waals surface area contributed by atoms with Crippen molar-refractivity contribution >= 4 is 21.4 Å². The molecule has 9 heteroatoms. The number of morpholine rings is 1. The van der Waals surface area contributed by atoms with E-state index in [-0.39, 0.29) is 29.6 Å². The van der Waals surface area contributed by atoms with E-state index in [9.17, 15) is 18.5 Å². The minimum atomic E-state index is -3.79. The Morgan fingerprint density at radius 1 is 1.18 bits per heavy atom. The molecule has 0 radical (unpaired) electrons. The van der Waals surface area contributed by atoms with Crippen molar-refractivity contribution in [1.82, 2.24) is 4.31 Å². The van der Waals surface area contributed by atoms with E-state index in [1.165, 1.54) is 16.4 Å². The molecule has 1 heterocycles. The van der Waals surface area contributed by atoms with Crippen molar-refractivity contribution < 1.29 is 18.1 Å². The van der Waals surface area contributed by atoms with Gasteiger partial charge in [-0.1, -0.05) is 37.3 Å². The minimum absolute atomic E-state index is 0.0808. The molecule has 0 aliphatic carbocycles. The summed E-state index contributed by atoms with van der Waals surface area (Å²) < 4.78 is 32.0. The van der Waals surface area contributed by atoms with Crippen LogP contribution in [-0.4, -0.2) is 50.5 Å². The first-order valence-electron chi connectivity index (χ1n) is 9.05. The number of anilines is 1. The van der Waals surface area contributed by atoms with Crippen molar-refractivity contribution in [2.45, 2.75) is 17.7 Å². The second-order valence-electron chi connectivity index (χ2n) is 6.65. The maximum absolute atomic E-state index is 12.8. The molecule has 0 amide bonds. The number of nitrogens with one attached hydrogen (secondary N) is 1. The van der Waals surface area contributed by atoms with Crippen molar-refractivity contribution in [2.75, 3.05) is 38.2 Å². The molecule has 0 saturated carbocycles. The summed E-state index contributed by atoms with van der Waals surface area (Å²) in [5.74, 6) is 0.137. The van der Waals surface area contributed by atoms with Crippen molar-refractivity contribution in [3.63, 3.8) is 0 Å². The summed E-state index contributed by atoms with van der Waals surface area (Å²) in [7, 11) is -3.79. The molecule has 150 valence electrons. The Morgan fingerprint density at radius 2 is 1.86 bits per heavy atom. The Hall–Kier alpha value is -2.49. The number of nitro benzene ring substituents is 1. The van der Waals surface area contributed by atoms with E-state index < -0.39 is 14.9 Å². The summed E-state index contributed by atoms with van der Waals surface area (Å²) in [5.41, 5.74) is 1.16. The highest BCUT2D eigenvalue weighted by atomic mass is 32.2. The molecule has 8 nitrogen and oxygen atoms in total. The van der Waals surface area contributed by atoms with Gasteiger partial charge in [0.2, 0.25) is 10.0 Å². The van der Waals surface area contributed by atoms with Crippen LogP contribution in [0, 0.1) is 10.1 Å². The predicted molar refractivity (Wildman–Crippen MR) is 106 cm³/mol. The maximum Gasteiger partial charge on any atom is 0.293 e. The van der Waals surface area contributed by atoms with Crippen LogP contribution in [0.4, 0.5) is 11.4 Å². The van der Waals surface area contributed by atoms with Gasteiger partial charge >= 0.3 is 0 Å². The van der Waals surface area contributed by atoms with Crippen molar-refractivity contribution in [3.05, 3.63) is 64.2 Å². The lowest BCUT2D eigenvalue weighted by Gasteiger charge is -2.26. The molecule has 2 aromatic carbocycles. The third-order valence-electron chi connectivity index (χ3n) is 4.74. The second kappa shape index (κ2) is 8.68. The van der Waals surface area contributed by atoms with E-state index in [1.807, 2.05) is 37.3 Å². The van der Waals surface area contributed by atoms with Crippen molar-refractivity contribution in [3.8, 4) is 0 Å². The van der Waals surface area contributed by atoms with Gasteiger partial charge in [0.05, 0.1) is 23.0 Å². The van der Waals surface area contributed by atoms with Gasteiger partial charge in [-0.15, -0.1) is 0 Å². The fourth-order valence-electron chi connectivity index (χ4n) is 3.07. The SMILES string of the molecule is C[C@H](CNc1ccc(S(=O)(=O)N2CCOCC2)cc1[N+](=O)[O-])c1ccccc1. The normalized spacial score (nSPS) is 16.5. The number of rotatable bonds is 7. The Labute approximate surface area is 164 Å². The first-order chi connectivity index (χ1) is 13.4. The summed E-state index contributed by atoms with van der Waals surface area (Å²) in [4.78, 5) is 10.9. The molecule has 1 N–H and O–H groups in total. The molecule has 3 rings (SSSR count). The average molecular weight is 405 g/mol. The third kappa shape index (κ3) is 4.49. The highest BCUT2D eigenvalue weighted by Crippen LogP contribution is 2.30. The Balaban J connectivity index is 1.80. The number of sulfonamides is 1. The van der Waals surface area contributed by atoms with Gasteiger partial charge in [0, 0.05) is 25.7 Å². The molecule has 0 unspecified atom stereocenters. The quantitative estimate of drug-likeness (QED) is 0.561. The minimum Gasteiger partial charge on any atom is -0.379 e. The van der Waals surface area contributed by atoms with Crippen LogP contribution in [0.15, 0.2) is 53.4 Å². The van der Waals surface area contributed by atoms with Crippen LogP contribution < -0.4 is 5.32 Å². The monoisotopic (exact) mass is 405 g/mol. The third-order valence-corrected chi connectivity index (χ3v) is 6.64. The van der Waals surface area contributed by atoms with Crippen LogP contribution >= 0.6 is 0 Å². The highest BCUT2D eigenvalue weighted by Gasteiger charge is 2.28. The predicted octanol–water partition coefficient (Wildman–Crippen LogP) is 2.83. The van der Waals surface area contributed by atoms with Crippen LogP contribution in [0.2, 0.25) is 0 Å². The zero-order valence-electron chi connectivity index (χ0n) is 15.6. The van der Waals surface area contributed by atoms with Gasteiger partial charge in [-0.3, -0.25) is 10.1 Å². The lowest BCUT2D eigenvalue weighted by molar-refractivity contribution is -0.384. The van der Waals surface area contributed by atoms with Crippen LogP contribution in [0.25, 0.3) is 0 Å². The average Bonchev–Trinajstić information content (AvgIpc) is 2.73. The second-order valence-corrected chi connectivity index (χ2v) is 8.58. The van der Waals surface area contributed by atoms with Crippen molar-refractivity contribution in [2.24, 2.45) is 0 Å². The molecular weight excluding hydrogens is 382 g/mol. The summed E-state index contributed by atoms with van der Waals surface area (Å²) in [6.45, 7) is 3.62. The van der Waals surface area contributed by atoms with Crippen LogP contribution in [0.3, 0.4) is 0 Å². The van der Waals surface area contributed by atoms with Crippen LogP contribution in [0.1, 0.15) is 18.4 Å². The van der Waals surface area contributed by atoms with Crippen LogP contribution in [0.5, 0.6) is 0 Å². The molecule has 1 fully saturated rings. The lowest BCUT2D eigenvalue weighted by Crippen LogP contribution is -2.40. The number of ether oxygens (including phenoxy) is 1. The van der Waals surface area contributed by atoms with Gasteiger partial charge in [0.25, 0.3) is 5.69 Å². The van der Waals surface area contributed by atoms with Gasteiger partial charge in [-0.2, -0.15) is 4.31 Å². The van der Waals surface area contributed by atoms with E-state index in [0.717, 1.165) is 11.6 Å². The van der Waals surface area contributed by atoms with Gasteiger partial charge < -0.3 is 10.1 Å². The topological polar surface area (TPSA) is 102 Å². The number of hydrogen-bond donors (Lipinski definition) is 1. The summed E-state index contributed by atoms with van der Waals surface area (Å²) in [5, 5.41) is 14.6. The summed E-state index contributed by atoms with van der Waals surface area (Å²) >= 11 is 0. The molecule has 1 saturated heterocycles. The van der Waals surface area contributed by atoms with Crippen molar-refractivity contribution in [1.29, 1.82) is 0 Å². The van der Waals surface area contributed by atoms with E-state index >= 15 is 0 Å². The maximum atomic E-state index is 12.8. The fourth-order valence-corrected chi connectivity index (χ4v) is 4.50. The number of hydrogen-bond acceptors (Lipinski definition) is 6. The van der Waals surface area contributed by atoms with Gasteiger partial charge in [-0.25, -0.2) is 8.42 Å². The van der Waals surface area contributed by atoms with E-state index in [1.54, 1.807) is 0 Å².